The normalized spacial score (nSPS) is 12.4. The molecule has 0 aromatic heterocycles. The molecule has 0 aliphatic carbocycles. The lowest BCUT2D eigenvalue weighted by molar-refractivity contribution is -0.140. The van der Waals surface area contributed by atoms with E-state index < -0.39 is 40.4 Å². The molecule has 186 valence electrons. The molecule has 0 heterocycles. The van der Waals surface area contributed by atoms with Gasteiger partial charge in [-0.15, -0.1) is 0 Å². The van der Waals surface area contributed by atoms with Crippen molar-refractivity contribution >= 4 is 50.9 Å². The number of amides is 2. The molecular weight excluding hydrogens is 506 g/mol. The summed E-state index contributed by atoms with van der Waals surface area (Å²) >= 11 is 12.6. The van der Waals surface area contributed by atoms with Gasteiger partial charge in [0.15, 0.2) is 0 Å². The van der Waals surface area contributed by atoms with Gasteiger partial charge in [-0.2, -0.15) is 12.7 Å². The first-order valence-corrected chi connectivity index (χ1v) is 12.5. The molecule has 8 nitrogen and oxygen atoms in total. The van der Waals surface area contributed by atoms with E-state index in [4.69, 9.17) is 23.2 Å². The predicted molar refractivity (Wildman–Crippen MR) is 132 cm³/mol. The van der Waals surface area contributed by atoms with E-state index in [1.807, 2.05) is 0 Å². The van der Waals surface area contributed by atoms with Crippen LogP contribution in [0.15, 0.2) is 42.5 Å². The van der Waals surface area contributed by atoms with Crippen molar-refractivity contribution in [2.24, 2.45) is 0 Å². The van der Waals surface area contributed by atoms with Crippen LogP contribution in [0.3, 0.4) is 0 Å². The average molecular weight is 533 g/mol. The standard InChI is InChI=1S/C22H27Cl2FN4O4S/c1-5-19(22(31)26-2)28(13-15-16(23)9-8-10-17(15)24)21(30)14-29(34(32,33)27(3)4)20-12-7-6-11-18(20)25/h6-12,19H,5,13-14H2,1-4H3,(H,26,31). The van der Waals surface area contributed by atoms with Gasteiger partial charge in [-0.25, -0.2) is 8.70 Å². The lowest BCUT2D eigenvalue weighted by atomic mass is 10.1. The lowest BCUT2D eigenvalue weighted by Crippen LogP contribution is -2.53. The zero-order valence-corrected chi connectivity index (χ0v) is 21.6. The minimum Gasteiger partial charge on any atom is -0.357 e. The third-order valence-corrected chi connectivity index (χ3v) is 7.68. The Kier molecular flexibility index (Phi) is 9.69. The van der Waals surface area contributed by atoms with Crippen molar-refractivity contribution in [3.63, 3.8) is 0 Å². The number of likely N-dealkylation sites (N-methyl/N-ethyl adjacent to an activating group) is 1. The SMILES string of the molecule is CCC(C(=O)NC)N(Cc1c(Cl)cccc1Cl)C(=O)CN(c1ccccc1F)S(=O)(=O)N(C)C. The van der Waals surface area contributed by atoms with Crippen molar-refractivity contribution in [1.82, 2.24) is 14.5 Å². The Hall–Kier alpha value is -2.40. The highest BCUT2D eigenvalue weighted by Gasteiger charge is 2.34. The zero-order chi connectivity index (χ0) is 25.6. The maximum Gasteiger partial charge on any atom is 0.304 e. The number of nitrogens with one attached hydrogen (secondary N) is 1. The van der Waals surface area contributed by atoms with Crippen LogP contribution in [0.4, 0.5) is 10.1 Å². The number of hydrogen-bond acceptors (Lipinski definition) is 4. The molecule has 0 aliphatic rings. The van der Waals surface area contributed by atoms with Gasteiger partial charge < -0.3 is 10.2 Å². The van der Waals surface area contributed by atoms with E-state index in [0.29, 0.717) is 9.87 Å². The van der Waals surface area contributed by atoms with E-state index in [0.717, 1.165) is 10.4 Å². The van der Waals surface area contributed by atoms with Crippen LogP contribution in [0, 0.1) is 5.82 Å². The second-order valence-corrected chi connectivity index (χ2v) is 10.4. The van der Waals surface area contributed by atoms with Crippen LogP contribution in [-0.2, 0) is 26.3 Å². The highest BCUT2D eigenvalue weighted by molar-refractivity contribution is 7.90. The van der Waals surface area contributed by atoms with E-state index in [-0.39, 0.29) is 28.7 Å². The smallest absolute Gasteiger partial charge is 0.304 e. The lowest BCUT2D eigenvalue weighted by Gasteiger charge is -2.34. The monoisotopic (exact) mass is 532 g/mol. The Morgan fingerprint density at radius 2 is 1.65 bits per heavy atom. The van der Waals surface area contributed by atoms with Gasteiger partial charge >= 0.3 is 10.2 Å². The second-order valence-electron chi connectivity index (χ2n) is 7.51. The van der Waals surface area contributed by atoms with Crippen LogP contribution in [0.2, 0.25) is 10.0 Å². The van der Waals surface area contributed by atoms with Crippen molar-refractivity contribution in [3.05, 3.63) is 63.9 Å². The fraction of sp³-hybridized carbons (Fsp3) is 0.364. The van der Waals surface area contributed by atoms with Crippen LogP contribution < -0.4 is 9.62 Å². The number of para-hydroxylation sites is 1. The zero-order valence-electron chi connectivity index (χ0n) is 19.3. The molecule has 0 aliphatic heterocycles. The average Bonchev–Trinajstić information content (AvgIpc) is 2.79. The van der Waals surface area contributed by atoms with Crippen LogP contribution >= 0.6 is 23.2 Å². The summed E-state index contributed by atoms with van der Waals surface area (Å²) in [6.07, 6.45) is 0.230. The Morgan fingerprint density at radius 1 is 1.06 bits per heavy atom. The van der Waals surface area contributed by atoms with Crippen molar-refractivity contribution < 1.29 is 22.4 Å². The number of nitrogens with zero attached hydrogens (tertiary/aromatic N) is 3. The van der Waals surface area contributed by atoms with Crippen molar-refractivity contribution in [2.75, 3.05) is 32.0 Å². The molecule has 2 rings (SSSR count). The molecule has 0 spiro atoms. The summed E-state index contributed by atoms with van der Waals surface area (Å²) in [6.45, 7) is 0.799. The molecule has 1 unspecified atom stereocenters. The predicted octanol–water partition coefficient (Wildman–Crippen LogP) is 3.30. The van der Waals surface area contributed by atoms with Gasteiger partial charge in [-0.1, -0.05) is 48.3 Å². The van der Waals surface area contributed by atoms with E-state index in [9.17, 15) is 22.4 Å². The number of hydrogen-bond donors (Lipinski definition) is 1. The van der Waals surface area contributed by atoms with Crippen molar-refractivity contribution in [2.45, 2.75) is 25.9 Å². The van der Waals surface area contributed by atoms with Gasteiger partial charge in [0, 0.05) is 43.3 Å². The maximum atomic E-state index is 14.6. The second kappa shape index (κ2) is 11.8. The molecule has 34 heavy (non-hydrogen) atoms. The number of carbonyl (C=O) groups is 2. The topological polar surface area (TPSA) is 90.0 Å². The Balaban J connectivity index is 2.57. The van der Waals surface area contributed by atoms with Gasteiger partial charge in [0.05, 0.1) is 5.69 Å². The molecule has 0 saturated carbocycles. The summed E-state index contributed by atoms with van der Waals surface area (Å²) < 4.78 is 42.2. The number of halogens is 3. The van der Waals surface area contributed by atoms with E-state index in [1.54, 1.807) is 25.1 Å². The van der Waals surface area contributed by atoms with Crippen LogP contribution in [0.25, 0.3) is 0 Å². The summed E-state index contributed by atoms with van der Waals surface area (Å²) in [6, 6.07) is 9.10. The minimum atomic E-state index is -4.26. The number of carbonyl (C=O) groups excluding carboxylic acids is 2. The van der Waals surface area contributed by atoms with Gasteiger partial charge in [-0.05, 0) is 30.7 Å². The molecule has 0 fully saturated rings. The molecule has 2 aromatic rings. The van der Waals surface area contributed by atoms with Gasteiger partial charge in [-0.3, -0.25) is 9.59 Å². The summed E-state index contributed by atoms with van der Waals surface area (Å²) in [4.78, 5) is 27.4. The minimum absolute atomic E-state index is 0.156. The highest BCUT2D eigenvalue weighted by atomic mass is 35.5. The molecular formula is C22H27Cl2FN4O4S. The van der Waals surface area contributed by atoms with Crippen LogP contribution in [0.5, 0.6) is 0 Å². The molecule has 1 atom stereocenters. The molecule has 12 heteroatoms. The third-order valence-electron chi connectivity index (χ3n) is 5.16. The van der Waals surface area contributed by atoms with Crippen LogP contribution in [-0.4, -0.2) is 63.2 Å². The molecule has 1 N–H and O–H groups in total. The van der Waals surface area contributed by atoms with Gasteiger partial charge in [0.1, 0.15) is 18.4 Å². The highest BCUT2D eigenvalue weighted by Crippen LogP contribution is 2.28. The molecule has 2 aromatic carbocycles. The molecule has 0 radical (unpaired) electrons. The van der Waals surface area contributed by atoms with Gasteiger partial charge in [0.2, 0.25) is 11.8 Å². The van der Waals surface area contributed by atoms with E-state index >= 15 is 0 Å². The molecule has 0 bridgehead atoms. The Bertz CT molecular complexity index is 1130. The Labute approximate surface area is 209 Å². The largest absolute Gasteiger partial charge is 0.357 e. The van der Waals surface area contributed by atoms with E-state index in [2.05, 4.69) is 5.32 Å². The Morgan fingerprint density at radius 3 is 2.15 bits per heavy atom. The summed E-state index contributed by atoms with van der Waals surface area (Å²) in [5.41, 5.74) is 0.0997. The number of benzene rings is 2. The summed E-state index contributed by atoms with van der Waals surface area (Å²) in [5, 5.41) is 3.07. The van der Waals surface area contributed by atoms with Crippen molar-refractivity contribution in [1.29, 1.82) is 0 Å². The summed E-state index contributed by atoms with van der Waals surface area (Å²) in [7, 11) is -0.291. The first-order valence-electron chi connectivity index (χ1n) is 10.3. The fourth-order valence-electron chi connectivity index (χ4n) is 3.30. The van der Waals surface area contributed by atoms with Crippen LogP contribution in [0.1, 0.15) is 18.9 Å². The quantitative estimate of drug-likeness (QED) is 0.508. The first-order chi connectivity index (χ1) is 15.9. The van der Waals surface area contributed by atoms with Gasteiger partial charge in [0.25, 0.3) is 0 Å². The van der Waals surface area contributed by atoms with E-state index in [1.165, 1.54) is 44.2 Å². The molecule has 2 amide bonds. The summed E-state index contributed by atoms with van der Waals surface area (Å²) in [5.74, 6) is -2.01. The number of anilines is 1. The number of rotatable bonds is 10. The molecule has 0 saturated heterocycles. The van der Waals surface area contributed by atoms with Crippen molar-refractivity contribution in [3.8, 4) is 0 Å². The maximum absolute atomic E-state index is 14.6. The fourth-order valence-corrected chi connectivity index (χ4v) is 4.88. The first kappa shape index (κ1) is 27.8. The third kappa shape index (κ3) is 6.18.